The molecule has 0 spiro atoms. The zero-order chi connectivity index (χ0) is 17.7. The minimum absolute atomic E-state index is 0.284. The molecule has 3 saturated heterocycles. The van der Waals surface area contributed by atoms with Crippen molar-refractivity contribution in [3.8, 4) is 0 Å². The zero-order valence-corrected chi connectivity index (χ0v) is 14.5. The minimum Gasteiger partial charge on any atom is -0.350 e. The van der Waals surface area contributed by atoms with Crippen LogP contribution in [0.2, 0.25) is 0 Å². The van der Waals surface area contributed by atoms with Gasteiger partial charge in [-0.2, -0.15) is 0 Å². The summed E-state index contributed by atoms with van der Waals surface area (Å²) in [6.45, 7) is 3.38. The third-order valence-electron chi connectivity index (χ3n) is 5.37. The summed E-state index contributed by atoms with van der Waals surface area (Å²) in [5.41, 5.74) is 2.28. The maximum atomic E-state index is 14.6. The van der Waals surface area contributed by atoms with Crippen molar-refractivity contribution < 1.29 is 4.39 Å². The Balaban J connectivity index is 1.40. The van der Waals surface area contributed by atoms with Gasteiger partial charge in [0.1, 0.15) is 12.1 Å². The molecule has 3 aliphatic rings. The average molecular weight is 350 g/mol. The second kappa shape index (κ2) is 5.86. The number of hydrogen-bond acceptors (Lipinski definition) is 6. The first kappa shape index (κ1) is 15.4. The monoisotopic (exact) mass is 350 g/mol. The summed E-state index contributed by atoms with van der Waals surface area (Å²) < 4.78 is 14.6. The number of nitrogens with zero attached hydrogens (tertiary/aromatic N) is 6. The number of halogens is 1. The van der Waals surface area contributed by atoms with E-state index in [2.05, 4.69) is 19.9 Å². The molecular formula is C19H19FN6. The van der Waals surface area contributed by atoms with Gasteiger partial charge in [0.2, 0.25) is 0 Å². The average Bonchev–Trinajstić information content (AvgIpc) is 2.68. The molecule has 2 unspecified atom stereocenters. The smallest absolute Gasteiger partial charge is 0.187 e. The van der Waals surface area contributed by atoms with Crippen molar-refractivity contribution in [2.24, 2.45) is 0 Å². The molecule has 3 fully saturated rings. The van der Waals surface area contributed by atoms with Crippen LogP contribution < -0.4 is 9.80 Å². The van der Waals surface area contributed by atoms with Gasteiger partial charge in [0.15, 0.2) is 11.6 Å². The van der Waals surface area contributed by atoms with Crippen molar-refractivity contribution in [3.63, 3.8) is 0 Å². The number of benzene rings is 1. The third kappa shape index (κ3) is 2.30. The molecule has 132 valence electrons. The lowest BCUT2D eigenvalue weighted by Crippen LogP contribution is -2.69. The van der Waals surface area contributed by atoms with Gasteiger partial charge in [0, 0.05) is 13.1 Å². The van der Waals surface area contributed by atoms with Gasteiger partial charge in [-0.1, -0.05) is 19.1 Å². The van der Waals surface area contributed by atoms with E-state index in [1.54, 1.807) is 0 Å². The van der Waals surface area contributed by atoms with E-state index in [4.69, 9.17) is 4.98 Å². The second-order valence-electron chi connectivity index (χ2n) is 6.88. The fourth-order valence-corrected chi connectivity index (χ4v) is 4.09. The van der Waals surface area contributed by atoms with Gasteiger partial charge in [0.25, 0.3) is 0 Å². The highest BCUT2D eigenvalue weighted by molar-refractivity contribution is 5.75. The summed E-state index contributed by atoms with van der Waals surface area (Å²) in [7, 11) is 0. The Morgan fingerprint density at radius 1 is 1.08 bits per heavy atom. The maximum Gasteiger partial charge on any atom is 0.187 e. The molecule has 0 amide bonds. The molecule has 26 heavy (non-hydrogen) atoms. The lowest BCUT2D eigenvalue weighted by Gasteiger charge is -2.57. The van der Waals surface area contributed by atoms with E-state index in [1.165, 1.54) is 6.33 Å². The third-order valence-corrected chi connectivity index (χ3v) is 5.37. The van der Waals surface area contributed by atoms with E-state index in [9.17, 15) is 4.39 Å². The van der Waals surface area contributed by atoms with Gasteiger partial charge < -0.3 is 9.80 Å². The largest absolute Gasteiger partial charge is 0.350 e. The fourth-order valence-electron chi connectivity index (χ4n) is 4.09. The Bertz CT molecular complexity index is 965. The predicted molar refractivity (Wildman–Crippen MR) is 97.8 cm³/mol. The first-order valence-electron chi connectivity index (χ1n) is 8.99. The molecule has 6 rings (SSSR count). The Morgan fingerprint density at radius 2 is 1.85 bits per heavy atom. The topological polar surface area (TPSA) is 58.0 Å². The molecule has 1 aromatic carbocycles. The predicted octanol–water partition coefficient (Wildman–Crippen LogP) is 2.59. The highest BCUT2D eigenvalue weighted by atomic mass is 19.1. The molecule has 2 aromatic heterocycles. The first-order chi connectivity index (χ1) is 12.7. The Hall–Kier alpha value is -2.83. The van der Waals surface area contributed by atoms with Gasteiger partial charge in [-0.05, 0) is 25.0 Å². The molecular weight excluding hydrogens is 331 g/mol. The molecule has 2 atom stereocenters. The van der Waals surface area contributed by atoms with Crippen molar-refractivity contribution in [1.29, 1.82) is 0 Å². The molecule has 0 aliphatic carbocycles. The molecule has 0 N–H and O–H groups in total. The van der Waals surface area contributed by atoms with Gasteiger partial charge in [-0.25, -0.2) is 19.3 Å². The summed E-state index contributed by atoms with van der Waals surface area (Å²) in [5.74, 6) is 1.05. The number of piperazine rings is 1. The molecule has 7 heteroatoms. The van der Waals surface area contributed by atoms with Crippen LogP contribution in [0, 0.1) is 5.82 Å². The van der Waals surface area contributed by atoms with Crippen LogP contribution in [-0.4, -0.2) is 45.1 Å². The molecule has 2 bridgehead atoms. The van der Waals surface area contributed by atoms with Crippen LogP contribution in [0.4, 0.5) is 16.0 Å². The number of hydrogen-bond donors (Lipinski definition) is 0. The molecule has 5 heterocycles. The summed E-state index contributed by atoms with van der Waals surface area (Å²) in [6, 6.07) is 8.51. The van der Waals surface area contributed by atoms with Crippen LogP contribution >= 0.6 is 0 Å². The summed E-state index contributed by atoms with van der Waals surface area (Å²) in [4.78, 5) is 21.9. The number of anilines is 2. The molecule has 3 aliphatic heterocycles. The number of aryl methyl sites for hydroxylation is 1. The van der Waals surface area contributed by atoms with Crippen LogP contribution in [0.3, 0.4) is 0 Å². The number of rotatable bonds is 3. The SMILES string of the molecule is CCc1ncnc(N2CC3CC(C2)N3c2cnc3ccccc3n2)c1F. The van der Waals surface area contributed by atoms with Crippen molar-refractivity contribution in [1.82, 2.24) is 19.9 Å². The maximum absolute atomic E-state index is 14.6. The van der Waals surface area contributed by atoms with Gasteiger partial charge in [-0.3, -0.25) is 4.98 Å². The van der Waals surface area contributed by atoms with Crippen LogP contribution in [0.5, 0.6) is 0 Å². The standard InChI is InChI=1S/C19H19FN6/c1-2-14-18(20)19(23-11-22-14)25-9-12-7-13(10-25)26(12)17-8-21-15-5-3-4-6-16(15)24-17/h3-6,8,11-13H,2,7,9-10H2,1H3. The Kier molecular flexibility index (Phi) is 3.48. The number of aromatic nitrogens is 4. The van der Waals surface area contributed by atoms with Gasteiger partial charge >= 0.3 is 0 Å². The Labute approximate surface area is 150 Å². The van der Waals surface area contributed by atoms with Crippen molar-refractivity contribution in [2.75, 3.05) is 22.9 Å². The van der Waals surface area contributed by atoms with E-state index in [1.807, 2.05) is 42.3 Å². The van der Waals surface area contributed by atoms with Crippen LogP contribution in [0.1, 0.15) is 19.0 Å². The lowest BCUT2D eigenvalue weighted by atomic mass is 9.87. The minimum atomic E-state index is -0.284. The highest BCUT2D eigenvalue weighted by Gasteiger charge is 2.46. The van der Waals surface area contributed by atoms with Crippen LogP contribution in [-0.2, 0) is 6.42 Å². The second-order valence-corrected chi connectivity index (χ2v) is 6.88. The zero-order valence-electron chi connectivity index (χ0n) is 14.5. The van der Waals surface area contributed by atoms with E-state index in [0.29, 0.717) is 30.0 Å². The molecule has 0 saturated carbocycles. The summed E-state index contributed by atoms with van der Waals surface area (Å²) >= 11 is 0. The molecule has 6 nitrogen and oxygen atoms in total. The quantitative estimate of drug-likeness (QED) is 0.724. The van der Waals surface area contributed by atoms with E-state index < -0.39 is 0 Å². The first-order valence-corrected chi connectivity index (χ1v) is 8.99. The molecule has 0 radical (unpaired) electrons. The fraction of sp³-hybridized carbons (Fsp3) is 0.368. The van der Waals surface area contributed by atoms with Crippen molar-refractivity contribution in [2.45, 2.75) is 31.8 Å². The van der Waals surface area contributed by atoms with E-state index in [-0.39, 0.29) is 5.82 Å². The number of para-hydroxylation sites is 2. The van der Waals surface area contributed by atoms with Crippen LogP contribution in [0.25, 0.3) is 11.0 Å². The van der Waals surface area contributed by atoms with Gasteiger partial charge in [-0.15, -0.1) is 0 Å². The normalized spacial score (nSPS) is 21.8. The van der Waals surface area contributed by atoms with Crippen molar-refractivity contribution >= 4 is 22.7 Å². The lowest BCUT2D eigenvalue weighted by molar-refractivity contribution is 0.286. The van der Waals surface area contributed by atoms with Crippen LogP contribution in [0.15, 0.2) is 36.8 Å². The summed E-state index contributed by atoms with van der Waals surface area (Å²) in [6.07, 6.45) is 4.97. The highest BCUT2D eigenvalue weighted by Crippen LogP contribution is 2.38. The molecule has 3 aromatic rings. The Morgan fingerprint density at radius 3 is 2.62 bits per heavy atom. The van der Waals surface area contributed by atoms with Crippen molar-refractivity contribution in [3.05, 3.63) is 48.3 Å². The number of fused-ring (bicyclic) bond motifs is 3. The van der Waals surface area contributed by atoms with E-state index >= 15 is 0 Å². The van der Waals surface area contributed by atoms with Gasteiger partial charge in [0.05, 0.1) is 35.0 Å². The number of piperidine rings is 1. The summed E-state index contributed by atoms with van der Waals surface area (Å²) in [5, 5.41) is 0. The van der Waals surface area contributed by atoms with E-state index in [0.717, 1.165) is 36.4 Å².